The van der Waals surface area contributed by atoms with Crippen LogP contribution in [-0.2, 0) is 0 Å². The Hall–Kier alpha value is -0.780. The molecule has 2 aromatic rings. The summed E-state index contributed by atoms with van der Waals surface area (Å²) in [5, 5.41) is 6.16. The largest absolute Gasteiger partial charge is 0.304 e. The van der Waals surface area contributed by atoms with Crippen LogP contribution in [0.5, 0.6) is 0 Å². The Bertz CT molecular complexity index is 542. The summed E-state index contributed by atoms with van der Waals surface area (Å²) in [5.41, 5.74) is 1.60. The molecule has 0 spiro atoms. The van der Waals surface area contributed by atoms with Crippen molar-refractivity contribution in [3.8, 4) is 0 Å². The van der Waals surface area contributed by atoms with Crippen LogP contribution in [0.2, 0.25) is 0 Å². The first-order chi connectivity index (χ1) is 8.61. The summed E-state index contributed by atoms with van der Waals surface area (Å²) in [5.74, 6) is -0.219. The van der Waals surface area contributed by atoms with Crippen molar-refractivity contribution >= 4 is 27.3 Å². The smallest absolute Gasteiger partial charge is 0.129 e. The number of aromatic nitrogens is 1. The zero-order chi connectivity index (χ0) is 13.1. The summed E-state index contributed by atoms with van der Waals surface area (Å²) >= 11 is 4.82. The summed E-state index contributed by atoms with van der Waals surface area (Å²) in [6.07, 6.45) is 0. The summed E-state index contributed by atoms with van der Waals surface area (Å²) in [7, 11) is 0. The fraction of sp³-hybridized carbons (Fsp3) is 0.308. The van der Waals surface area contributed by atoms with E-state index in [1.807, 2.05) is 25.3 Å². The number of thiazole rings is 1. The van der Waals surface area contributed by atoms with Crippen LogP contribution < -0.4 is 5.32 Å². The molecule has 1 aromatic carbocycles. The Morgan fingerprint density at radius 2 is 2.28 bits per heavy atom. The average molecular weight is 329 g/mol. The highest BCUT2D eigenvalue weighted by Crippen LogP contribution is 2.28. The van der Waals surface area contributed by atoms with Crippen molar-refractivity contribution in [3.63, 3.8) is 0 Å². The lowest BCUT2D eigenvalue weighted by molar-refractivity contribution is 0.556. The highest BCUT2D eigenvalue weighted by molar-refractivity contribution is 9.10. The van der Waals surface area contributed by atoms with Gasteiger partial charge < -0.3 is 5.32 Å². The molecule has 5 heteroatoms. The van der Waals surface area contributed by atoms with Crippen LogP contribution in [0.3, 0.4) is 0 Å². The molecule has 1 heterocycles. The minimum atomic E-state index is -0.219. The van der Waals surface area contributed by atoms with Crippen molar-refractivity contribution in [3.05, 3.63) is 50.1 Å². The predicted octanol–water partition coefficient (Wildman–Crippen LogP) is 4.05. The number of rotatable bonds is 4. The summed E-state index contributed by atoms with van der Waals surface area (Å²) in [4.78, 5) is 4.45. The first-order valence-electron chi connectivity index (χ1n) is 5.72. The van der Waals surface area contributed by atoms with Crippen LogP contribution in [-0.4, -0.2) is 11.5 Å². The molecule has 1 unspecified atom stereocenters. The number of halogens is 2. The molecule has 0 saturated carbocycles. The number of hydrogen-bond acceptors (Lipinski definition) is 3. The van der Waals surface area contributed by atoms with Gasteiger partial charge in [-0.2, -0.15) is 0 Å². The highest BCUT2D eigenvalue weighted by Gasteiger charge is 2.19. The van der Waals surface area contributed by atoms with Gasteiger partial charge in [0, 0.05) is 21.1 Å². The molecule has 2 nitrogen and oxygen atoms in total. The van der Waals surface area contributed by atoms with Crippen molar-refractivity contribution in [1.82, 2.24) is 10.3 Å². The molecule has 0 aliphatic carbocycles. The zero-order valence-electron chi connectivity index (χ0n) is 10.2. The van der Waals surface area contributed by atoms with Crippen molar-refractivity contribution in [1.29, 1.82) is 0 Å². The molecule has 0 radical (unpaired) electrons. The molecule has 0 saturated heterocycles. The average Bonchev–Trinajstić information content (AvgIpc) is 2.73. The number of nitrogens with one attached hydrogen (secondary N) is 1. The summed E-state index contributed by atoms with van der Waals surface area (Å²) in [6.45, 7) is 4.71. The van der Waals surface area contributed by atoms with E-state index in [1.54, 1.807) is 17.4 Å². The maximum Gasteiger partial charge on any atom is 0.129 e. The normalized spacial score (nSPS) is 12.7. The lowest BCUT2D eigenvalue weighted by Crippen LogP contribution is -2.22. The first kappa shape index (κ1) is 13.6. The highest BCUT2D eigenvalue weighted by atomic mass is 79.9. The van der Waals surface area contributed by atoms with Crippen molar-refractivity contribution in [2.24, 2.45) is 0 Å². The van der Waals surface area contributed by atoms with E-state index in [0.29, 0.717) is 5.56 Å². The van der Waals surface area contributed by atoms with E-state index in [-0.39, 0.29) is 11.9 Å². The quantitative estimate of drug-likeness (QED) is 0.915. The molecule has 2 rings (SSSR count). The van der Waals surface area contributed by atoms with Gasteiger partial charge in [0.15, 0.2) is 0 Å². The van der Waals surface area contributed by atoms with E-state index in [4.69, 9.17) is 0 Å². The molecular weight excluding hydrogens is 315 g/mol. The topological polar surface area (TPSA) is 24.9 Å². The van der Waals surface area contributed by atoms with Crippen molar-refractivity contribution in [2.75, 3.05) is 6.54 Å². The van der Waals surface area contributed by atoms with Gasteiger partial charge in [-0.25, -0.2) is 9.37 Å². The molecular formula is C13H14BrFN2S. The fourth-order valence-electron chi connectivity index (χ4n) is 1.77. The Morgan fingerprint density at radius 3 is 2.83 bits per heavy atom. The van der Waals surface area contributed by atoms with Gasteiger partial charge in [-0.05, 0) is 25.6 Å². The third-order valence-electron chi connectivity index (χ3n) is 2.57. The van der Waals surface area contributed by atoms with E-state index >= 15 is 0 Å². The Labute approximate surface area is 118 Å². The molecule has 1 atom stereocenters. The van der Waals surface area contributed by atoms with E-state index in [1.165, 1.54) is 6.07 Å². The van der Waals surface area contributed by atoms with Crippen LogP contribution in [0.15, 0.2) is 28.1 Å². The Kier molecular flexibility index (Phi) is 4.48. The van der Waals surface area contributed by atoms with E-state index in [0.717, 1.165) is 21.7 Å². The second-order valence-corrected chi connectivity index (χ2v) is 5.79. The number of aryl methyl sites for hydroxylation is 1. The number of hydrogen-bond donors (Lipinski definition) is 1. The lowest BCUT2D eigenvalue weighted by atomic mass is 10.1. The van der Waals surface area contributed by atoms with Crippen LogP contribution in [0.4, 0.5) is 4.39 Å². The molecule has 96 valence electrons. The third kappa shape index (κ3) is 2.96. The summed E-state index contributed by atoms with van der Waals surface area (Å²) in [6, 6.07) is 4.95. The van der Waals surface area contributed by atoms with Gasteiger partial charge in [0.2, 0.25) is 0 Å². The molecule has 0 amide bonds. The SMILES string of the molecule is CCNC(c1nc(C)cs1)c1ccc(Br)cc1F. The first-order valence-corrected chi connectivity index (χ1v) is 7.39. The minimum Gasteiger partial charge on any atom is -0.304 e. The Balaban J connectivity index is 2.41. The van der Waals surface area contributed by atoms with Gasteiger partial charge in [-0.3, -0.25) is 0 Å². The number of nitrogens with zero attached hydrogens (tertiary/aromatic N) is 1. The molecule has 1 aromatic heterocycles. The molecule has 18 heavy (non-hydrogen) atoms. The maximum atomic E-state index is 14.0. The van der Waals surface area contributed by atoms with E-state index in [9.17, 15) is 4.39 Å². The van der Waals surface area contributed by atoms with Gasteiger partial charge in [0.1, 0.15) is 10.8 Å². The van der Waals surface area contributed by atoms with Crippen molar-refractivity contribution in [2.45, 2.75) is 19.9 Å². The molecule has 0 aliphatic heterocycles. The molecule has 0 bridgehead atoms. The second kappa shape index (κ2) is 5.91. The van der Waals surface area contributed by atoms with Crippen LogP contribution in [0, 0.1) is 12.7 Å². The van der Waals surface area contributed by atoms with Gasteiger partial charge in [0.05, 0.1) is 6.04 Å². The van der Waals surface area contributed by atoms with E-state index < -0.39 is 0 Å². The third-order valence-corrected chi connectivity index (χ3v) is 4.09. The zero-order valence-corrected chi connectivity index (χ0v) is 12.6. The minimum absolute atomic E-state index is 0.179. The summed E-state index contributed by atoms with van der Waals surface area (Å²) < 4.78 is 14.8. The standard InChI is InChI=1S/C13H14BrFN2S/c1-3-16-12(13-17-8(2)7-18-13)10-5-4-9(14)6-11(10)15/h4-7,12,16H,3H2,1-2H3. The molecule has 1 N–H and O–H groups in total. The maximum absolute atomic E-state index is 14.0. The number of benzene rings is 1. The van der Waals surface area contributed by atoms with Crippen LogP contribution in [0.25, 0.3) is 0 Å². The van der Waals surface area contributed by atoms with Crippen LogP contribution in [0.1, 0.15) is 29.2 Å². The molecule has 0 fully saturated rings. The second-order valence-electron chi connectivity index (χ2n) is 3.98. The lowest BCUT2D eigenvalue weighted by Gasteiger charge is -2.16. The van der Waals surface area contributed by atoms with E-state index in [2.05, 4.69) is 26.2 Å². The van der Waals surface area contributed by atoms with Gasteiger partial charge in [-0.1, -0.05) is 28.9 Å². The van der Waals surface area contributed by atoms with Gasteiger partial charge >= 0.3 is 0 Å². The monoisotopic (exact) mass is 328 g/mol. The fourth-order valence-corrected chi connectivity index (χ4v) is 3.00. The predicted molar refractivity (Wildman–Crippen MR) is 76.5 cm³/mol. The van der Waals surface area contributed by atoms with Gasteiger partial charge in [-0.15, -0.1) is 11.3 Å². The van der Waals surface area contributed by atoms with Crippen molar-refractivity contribution < 1.29 is 4.39 Å². The Morgan fingerprint density at radius 1 is 1.50 bits per heavy atom. The van der Waals surface area contributed by atoms with Gasteiger partial charge in [0.25, 0.3) is 0 Å². The van der Waals surface area contributed by atoms with Crippen LogP contribution >= 0.6 is 27.3 Å². The molecule has 0 aliphatic rings.